The van der Waals surface area contributed by atoms with Crippen molar-refractivity contribution in [3.8, 4) is 0 Å². The molecule has 1 N–H and O–H groups in total. The van der Waals surface area contributed by atoms with E-state index < -0.39 is 0 Å². The Labute approximate surface area is 120 Å². The number of hydrogen-bond donors (Lipinski definition) is 1. The number of fused-ring (bicyclic) bond motifs is 1. The molecule has 3 heterocycles. The Morgan fingerprint density at radius 1 is 1.35 bits per heavy atom. The maximum Gasteiger partial charge on any atom is 0.226 e. The molecule has 0 amide bonds. The van der Waals surface area contributed by atoms with Crippen molar-refractivity contribution in [1.29, 1.82) is 0 Å². The van der Waals surface area contributed by atoms with Gasteiger partial charge in [0.2, 0.25) is 5.28 Å². The Morgan fingerprint density at radius 2 is 2.25 bits per heavy atom. The summed E-state index contributed by atoms with van der Waals surface area (Å²) >= 11 is 5.93. The van der Waals surface area contributed by atoms with Gasteiger partial charge in [-0.25, -0.2) is 4.98 Å². The van der Waals surface area contributed by atoms with E-state index in [1.165, 1.54) is 0 Å². The van der Waals surface area contributed by atoms with E-state index in [-0.39, 0.29) is 5.28 Å². The number of imidazole rings is 1. The lowest BCUT2D eigenvalue weighted by atomic mass is 10.3. The molecule has 0 saturated carbocycles. The zero-order valence-electron chi connectivity index (χ0n) is 11.0. The lowest BCUT2D eigenvalue weighted by Gasteiger charge is -2.07. The minimum Gasteiger partial charge on any atom is -0.369 e. The number of rotatable bonds is 5. The van der Waals surface area contributed by atoms with E-state index in [2.05, 4.69) is 25.4 Å². The first kappa shape index (κ1) is 12.9. The predicted molar refractivity (Wildman–Crippen MR) is 76.6 cm³/mol. The molecule has 0 atom stereocenters. The van der Waals surface area contributed by atoms with Gasteiger partial charge >= 0.3 is 0 Å². The summed E-state index contributed by atoms with van der Waals surface area (Å²) < 4.78 is 3.72. The number of aromatic nitrogens is 6. The van der Waals surface area contributed by atoms with Crippen molar-refractivity contribution in [3.05, 3.63) is 30.2 Å². The number of hydrogen-bond acceptors (Lipinski definition) is 5. The minimum atomic E-state index is 0.221. The summed E-state index contributed by atoms with van der Waals surface area (Å²) in [5.41, 5.74) is 0.724. The van der Waals surface area contributed by atoms with Crippen LogP contribution in [0, 0.1) is 0 Å². The Balaban J connectivity index is 1.68. The SMILES string of the molecule is Cn1ncc2c(NCCCn3ccnc3)nc(Cl)nc21. The van der Waals surface area contributed by atoms with Crippen molar-refractivity contribution in [2.24, 2.45) is 7.05 Å². The molecule has 8 heteroatoms. The Hall–Kier alpha value is -2.15. The number of halogens is 1. The Kier molecular flexibility index (Phi) is 3.51. The van der Waals surface area contributed by atoms with Crippen LogP contribution in [0.1, 0.15) is 6.42 Å². The van der Waals surface area contributed by atoms with Crippen LogP contribution in [-0.4, -0.2) is 35.8 Å². The molecule has 0 aliphatic heterocycles. The molecule has 0 radical (unpaired) electrons. The largest absolute Gasteiger partial charge is 0.369 e. The van der Waals surface area contributed by atoms with Crippen LogP contribution in [0.4, 0.5) is 5.82 Å². The molecule has 0 bridgehead atoms. The van der Waals surface area contributed by atoms with Crippen LogP contribution in [0.25, 0.3) is 11.0 Å². The maximum atomic E-state index is 5.93. The third-order valence-electron chi connectivity index (χ3n) is 3.01. The Morgan fingerprint density at radius 3 is 3.05 bits per heavy atom. The summed E-state index contributed by atoms with van der Waals surface area (Å²) in [5, 5.41) is 8.55. The number of nitrogens with one attached hydrogen (secondary N) is 1. The van der Waals surface area contributed by atoms with E-state index in [1.807, 2.05) is 17.8 Å². The molecule has 0 spiro atoms. The standard InChI is InChI=1S/C12H14ClN7/c1-19-11-9(7-16-19)10(17-12(13)18-11)15-3-2-5-20-6-4-14-8-20/h4,6-8H,2-3,5H2,1H3,(H,15,17,18). The molecular formula is C12H14ClN7. The normalized spacial score (nSPS) is 11.1. The zero-order chi connectivity index (χ0) is 13.9. The second kappa shape index (κ2) is 5.46. The topological polar surface area (TPSA) is 73.5 Å². The first-order valence-corrected chi connectivity index (χ1v) is 6.66. The van der Waals surface area contributed by atoms with Gasteiger partial charge in [0.05, 0.1) is 17.9 Å². The molecule has 104 valence electrons. The summed E-state index contributed by atoms with van der Waals surface area (Å²) in [4.78, 5) is 12.4. The molecule has 7 nitrogen and oxygen atoms in total. The summed E-state index contributed by atoms with van der Waals surface area (Å²) in [5.74, 6) is 0.721. The third kappa shape index (κ3) is 2.57. The van der Waals surface area contributed by atoms with Crippen molar-refractivity contribution in [2.45, 2.75) is 13.0 Å². The van der Waals surface area contributed by atoms with Crippen molar-refractivity contribution in [1.82, 2.24) is 29.3 Å². The minimum absolute atomic E-state index is 0.221. The van der Waals surface area contributed by atoms with E-state index in [0.29, 0.717) is 0 Å². The van der Waals surface area contributed by atoms with Crippen LogP contribution >= 0.6 is 11.6 Å². The molecule has 0 saturated heterocycles. The highest BCUT2D eigenvalue weighted by Gasteiger charge is 2.09. The van der Waals surface area contributed by atoms with Gasteiger partial charge in [-0.15, -0.1) is 0 Å². The average molecular weight is 292 g/mol. The molecule has 3 aromatic heterocycles. The predicted octanol–water partition coefficient (Wildman–Crippen LogP) is 1.72. The molecule has 0 aliphatic rings. The molecule has 3 aromatic rings. The number of nitrogens with zero attached hydrogens (tertiary/aromatic N) is 6. The van der Waals surface area contributed by atoms with Crippen LogP contribution in [0.15, 0.2) is 24.9 Å². The lowest BCUT2D eigenvalue weighted by molar-refractivity contribution is 0.660. The van der Waals surface area contributed by atoms with Gasteiger partial charge in [0.25, 0.3) is 0 Å². The highest BCUT2D eigenvalue weighted by molar-refractivity contribution is 6.28. The van der Waals surface area contributed by atoms with E-state index in [9.17, 15) is 0 Å². The quantitative estimate of drug-likeness (QED) is 0.572. The van der Waals surface area contributed by atoms with Gasteiger partial charge in [0.15, 0.2) is 5.65 Å². The van der Waals surface area contributed by atoms with Gasteiger partial charge < -0.3 is 9.88 Å². The monoisotopic (exact) mass is 291 g/mol. The molecule has 3 rings (SSSR count). The molecular weight excluding hydrogens is 278 g/mol. The lowest BCUT2D eigenvalue weighted by Crippen LogP contribution is -2.08. The fourth-order valence-corrected chi connectivity index (χ4v) is 2.18. The number of aryl methyl sites for hydroxylation is 2. The van der Waals surface area contributed by atoms with Crippen molar-refractivity contribution < 1.29 is 0 Å². The van der Waals surface area contributed by atoms with Gasteiger partial charge in [0.1, 0.15) is 5.82 Å². The molecule has 0 unspecified atom stereocenters. The smallest absolute Gasteiger partial charge is 0.226 e. The van der Waals surface area contributed by atoms with Crippen LogP contribution < -0.4 is 5.32 Å². The van der Waals surface area contributed by atoms with Gasteiger partial charge in [-0.2, -0.15) is 15.1 Å². The highest BCUT2D eigenvalue weighted by atomic mass is 35.5. The fourth-order valence-electron chi connectivity index (χ4n) is 2.02. The van der Waals surface area contributed by atoms with Gasteiger partial charge in [-0.1, -0.05) is 0 Å². The average Bonchev–Trinajstić information content (AvgIpc) is 3.05. The van der Waals surface area contributed by atoms with Crippen LogP contribution in [0.3, 0.4) is 0 Å². The first-order valence-electron chi connectivity index (χ1n) is 6.29. The molecule has 0 aromatic carbocycles. The fraction of sp³-hybridized carbons (Fsp3) is 0.333. The second-order valence-corrected chi connectivity index (χ2v) is 4.77. The summed E-state index contributed by atoms with van der Waals surface area (Å²) in [6, 6.07) is 0. The van der Waals surface area contributed by atoms with E-state index in [1.54, 1.807) is 23.4 Å². The van der Waals surface area contributed by atoms with Gasteiger partial charge in [-0.05, 0) is 18.0 Å². The van der Waals surface area contributed by atoms with E-state index >= 15 is 0 Å². The van der Waals surface area contributed by atoms with Crippen LogP contribution in [0.2, 0.25) is 5.28 Å². The highest BCUT2D eigenvalue weighted by Crippen LogP contribution is 2.21. The van der Waals surface area contributed by atoms with Crippen molar-refractivity contribution in [3.63, 3.8) is 0 Å². The Bertz CT molecular complexity index is 704. The zero-order valence-corrected chi connectivity index (χ0v) is 11.7. The second-order valence-electron chi connectivity index (χ2n) is 4.43. The van der Waals surface area contributed by atoms with Crippen molar-refractivity contribution in [2.75, 3.05) is 11.9 Å². The molecule has 20 heavy (non-hydrogen) atoms. The van der Waals surface area contributed by atoms with Crippen LogP contribution in [0.5, 0.6) is 0 Å². The number of anilines is 1. The van der Waals surface area contributed by atoms with E-state index in [4.69, 9.17) is 11.6 Å². The maximum absolute atomic E-state index is 5.93. The molecule has 0 aliphatic carbocycles. The van der Waals surface area contributed by atoms with Gasteiger partial charge in [0, 0.05) is 32.5 Å². The van der Waals surface area contributed by atoms with Crippen LogP contribution in [-0.2, 0) is 13.6 Å². The summed E-state index contributed by atoms with van der Waals surface area (Å²) in [7, 11) is 1.83. The summed E-state index contributed by atoms with van der Waals surface area (Å²) in [6.45, 7) is 1.69. The molecule has 0 fully saturated rings. The third-order valence-corrected chi connectivity index (χ3v) is 3.18. The van der Waals surface area contributed by atoms with Crippen molar-refractivity contribution >= 4 is 28.5 Å². The van der Waals surface area contributed by atoms with E-state index in [0.717, 1.165) is 36.4 Å². The van der Waals surface area contributed by atoms with Gasteiger partial charge in [-0.3, -0.25) is 4.68 Å². The first-order chi connectivity index (χ1) is 9.74. The summed E-state index contributed by atoms with van der Waals surface area (Å²) in [6.07, 6.45) is 8.22.